The van der Waals surface area contributed by atoms with E-state index in [0.29, 0.717) is 6.04 Å². The number of rotatable bonds is 3. The molecule has 2 N–H and O–H groups in total. The van der Waals surface area contributed by atoms with E-state index in [1.165, 1.54) is 32.4 Å². The van der Waals surface area contributed by atoms with E-state index in [1.807, 2.05) is 0 Å². The monoisotopic (exact) mass is 268 g/mol. The summed E-state index contributed by atoms with van der Waals surface area (Å²) in [4.78, 5) is 17.0. The average molecular weight is 268 g/mol. The first-order valence-electron chi connectivity index (χ1n) is 7.66. The second-order valence-electron chi connectivity index (χ2n) is 5.59. The molecule has 0 aromatic rings. The van der Waals surface area contributed by atoms with Gasteiger partial charge in [-0.2, -0.15) is 0 Å². The summed E-state index contributed by atoms with van der Waals surface area (Å²) in [5.74, 6) is 0.156. The lowest BCUT2D eigenvalue weighted by Gasteiger charge is -2.40. The van der Waals surface area contributed by atoms with Crippen LogP contribution in [0.25, 0.3) is 0 Å². The van der Waals surface area contributed by atoms with Gasteiger partial charge < -0.3 is 15.5 Å². The Morgan fingerprint density at radius 1 is 1.32 bits per heavy atom. The van der Waals surface area contributed by atoms with Gasteiger partial charge in [-0.1, -0.05) is 6.92 Å². The molecule has 110 valence electrons. The highest BCUT2D eigenvalue weighted by atomic mass is 16.2. The zero-order valence-corrected chi connectivity index (χ0v) is 12.3. The molecule has 0 aliphatic carbocycles. The first kappa shape index (κ1) is 14.8. The smallest absolute Gasteiger partial charge is 0.238 e. The molecule has 2 unspecified atom stereocenters. The topological polar surface area (TPSA) is 47.6 Å². The van der Waals surface area contributed by atoms with Crippen molar-refractivity contribution in [3.8, 4) is 0 Å². The molecular formula is C14H28N4O. The summed E-state index contributed by atoms with van der Waals surface area (Å²) in [7, 11) is 1.74. The number of hydrogen-bond acceptors (Lipinski definition) is 4. The highest BCUT2D eigenvalue weighted by Crippen LogP contribution is 2.20. The summed E-state index contributed by atoms with van der Waals surface area (Å²) in [6.07, 6.45) is 3.67. The minimum atomic E-state index is 0.0110. The van der Waals surface area contributed by atoms with Gasteiger partial charge in [0.05, 0.1) is 0 Å². The van der Waals surface area contributed by atoms with Crippen LogP contribution in [0.3, 0.4) is 0 Å². The van der Waals surface area contributed by atoms with Crippen molar-refractivity contribution in [3.63, 3.8) is 0 Å². The lowest BCUT2D eigenvalue weighted by atomic mass is 10.0. The highest BCUT2D eigenvalue weighted by Gasteiger charge is 2.33. The van der Waals surface area contributed by atoms with Gasteiger partial charge in [0.1, 0.15) is 6.04 Å². The molecule has 2 aliphatic rings. The van der Waals surface area contributed by atoms with Crippen molar-refractivity contribution >= 4 is 5.91 Å². The molecule has 5 nitrogen and oxygen atoms in total. The number of hydrogen-bond donors (Lipinski definition) is 2. The van der Waals surface area contributed by atoms with Crippen molar-refractivity contribution in [3.05, 3.63) is 0 Å². The maximum absolute atomic E-state index is 12.0. The van der Waals surface area contributed by atoms with E-state index >= 15 is 0 Å². The molecule has 0 bridgehead atoms. The summed E-state index contributed by atoms with van der Waals surface area (Å²) in [6.45, 7) is 8.55. The van der Waals surface area contributed by atoms with Crippen LogP contribution in [0.5, 0.6) is 0 Å². The fraction of sp³-hybridized carbons (Fsp3) is 0.929. The standard InChI is InChI=1S/C14H28N4O/c1-3-17-8-4-5-12(6-9-17)18-10-7-16-11-13(18)14(19)15-2/h12-13,16H,3-11H2,1-2H3,(H,15,19). The predicted molar refractivity (Wildman–Crippen MR) is 77.2 cm³/mol. The van der Waals surface area contributed by atoms with Gasteiger partial charge in [0, 0.05) is 32.7 Å². The Morgan fingerprint density at radius 2 is 2.16 bits per heavy atom. The highest BCUT2D eigenvalue weighted by molar-refractivity contribution is 5.81. The Bertz CT molecular complexity index is 297. The van der Waals surface area contributed by atoms with Gasteiger partial charge >= 0.3 is 0 Å². The van der Waals surface area contributed by atoms with Gasteiger partial charge in [0.15, 0.2) is 0 Å². The molecule has 2 saturated heterocycles. The number of nitrogens with zero attached hydrogens (tertiary/aromatic N) is 2. The van der Waals surface area contributed by atoms with Crippen molar-refractivity contribution in [2.24, 2.45) is 0 Å². The molecule has 2 aliphatic heterocycles. The van der Waals surface area contributed by atoms with Gasteiger partial charge in [0.2, 0.25) is 5.91 Å². The maximum atomic E-state index is 12.0. The molecule has 0 aromatic carbocycles. The summed E-state index contributed by atoms with van der Waals surface area (Å²) >= 11 is 0. The van der Waals surface area contributed by atoms with Crippen molar-refractivity contribution in [1.29, 1.82) is 0 Å². The molecule has 0 aromatic heterocycles. The number of likely N-dealkylation sites (N-methyl/N-ethyl adjacent to an activating group) is 1. The summed E-state index contributed by atoms with van der Waals surface area (Å²) in [5.41, 5.74) is 0. The van der Waals surface area contributed by atoms with Crippen LogP contribution in [0.1, 0.15) is 26.2 Å². The van der Waals surface area contributed by atoms with E-state index in [9.17, 15) is 4.79 Å². The summed E-state index contributed by atoms with van der Waals surface area (Å²) in [6, 6.07) is 0.581. The van der Waals surface area contributed by atoms with Crippen molar-refractivity contribution in [1.82, 2.24) is 20.4 Å². The zero-order chi connectivity index (χ0) is 13.7. The maximum Gasteiger partial charge on any atom is 0.238 e. The third-order valence-electron chi connectivity index (χ3n) is 4.54. The van der Waals surface area contributed by atoms with E-state index in [4.69, 9.17) is 0 Å². The minimum absolute atomic E-state index is 0.0110. The van der Waals surface area contributed by atoms with Crippen LogP contribution in [0, 0.1) is 0 Å². The van der Waals surface area contributed by atoms with Crippen LogP contribution in [0.15, 0.2) is 0 Å². The zero-order valence-electron chi connectivity index (χ0n) is 12.3. The van der Waals surface area contributed by atoms with Gasteiger partial charge in [-0.3, -0.25) is 9.69 Å². The fourth-order valence-corrected chi connectivity index (χ4v) is 3.35. The van der Waals surface area contributed by atoms with Crippen LogP contribution in [0.4, 0.5) is 0 Å². The third-order valence-corrected chi connectivity index (χ3v) is 4.54. The molecule has 0 spiro atoms. The van der Waals surface area contributed by atoms with Crippen LogP contribution < -0.4 is 10.6 Å². The number of carbonyl (C=O) groups excluding carboxylic acids is 1. The summed E-state index contributed by atoms with van der Waals surface area (Å²) in [5, 5.41) is 6.15. The molecule has 2 fully saturated rings. The first-order valence-corrected chi connectivity index (χ1v) is 7.66. The van der Waals surface area contributed by atoms with E-state index in [0.717, 1.165) is 26.2 Å². The predicted octanol–water partition coefficient (Wildman–Crippen LogP) is -0.119. The van der Waals surface area contributed by atoms with Gasteiger partial charge in [-0.25, -0.2) is 0 Å². The van der Waals surface area contributed by atoms with Crippen LogP contribution in [0.2, 0.25) is 0 Å². The van der Waals surface area contributed by atoms with Crippen molar-refractivity contribution in [2.75, 3.05) is 46.3 Å². The molecule has 2 rings (SSSR count). The second kappa shape index (κ2) is 7.22. The Morgan fingerprint density at radius 3 is 2.89 bits per heavy atom. The molecule has 19 heavy (non-hydrogen) atoms. The normalized spacial score (nSPS) is 30.8. The molecule has 2 atom stereocenters. The number of nitrogens with one attached hydrogen (secondary N) is 2. The summed E-state index contributed by atoms with van der Waals surface area (Å²) < 4.78 is 0. The molecule has 0 saturated carbocycles. The first-order chi connectivity index (χ1) is 9.26. The SMILES string of the molecule is CCN1CCCC(N2CCNCC2C(=O)NC)CC1. The van der Waals surface area contributed by atoms with Gasteiger partial charge in [0.25, 0.3) is 0 Å². The Balaban J connectivity index is 1.99. The molecule has 0 radical (unpaired) electrons. The third kappa shape index (κ3) is 3.68. The Kier molecular flexibility index (Phi) is 5.60. The molecular weight excluding hydrogens is 240 g/mol. The van der Waals surface area contributed by atoms with E-state index in [1.54, 1.807) is 7.05 Å². The van der Waals surface area contributed by atoms with E-state index in [-0.39, 0.29) is 11.9 Å². The van der Waals surface area contributed by atoms with E-state index < -0.39 is 0 Å². The van der Waals surface area contributed by atoms with Crippen molar-refractivity contribution in [2.45, 2.75) is 38.3 Å². The second-order valence-corrected chi connectivity index (χ2v) is 5.59. The molecule has 2 heterocycles. The fourth-order valence-electron chi connectivity index (χ4n) is 3.35. The Hall–Kier alpha value is -0.650. The Labute approximate surface area is 116 Å². The lowest BCUT2D eigenvalue weighted by molar-refractivity contribution is -0.127. The van der Waals surface area contributed by atoms with Crippen LogP contribution in [-0.2, 0) is 4.79 Å². The van der Waals surface area contributed by atoms with Crippen molar-refractivity contribution < 1.29 is 4.79 Å². The number of likely N-dealkylation sites (tertiary alicyclic amines) is 1. The van der Waals surface area contributed by atoms with E-state index in [2.05, 4.69) is 27.4 Å². The molecule has 1 amide bonds. The van der Waals surface area contributed by atoms with Crippen LogP contribution >= 0.6 is 0 Å². The van der Waals surface area contributed by atoms with Gasteiger partial charge in [-0.15, -0.1) is 0 Å². The quantitative estimate of drug-likeness (QED) is 0.749. The van der Waals surface area contributed by atoms with Gasteiger partial charge in [-0.05, 0) is 38.9 Å². The number of carbonyl (C=O) groups is 1. The number of amides is 1. The minimum Gasteiger partial charge on any atom is -0.358 e. The average Bonchev–Trinajstić information content (AvgIpc) is 2.71. The largest absolute Gasteiger partial charge is 0.358 e. The molecule has 5 heteroatoms. The number of piperazine rings is 1. The lowest BCUT2D eigenvalue weighted by Crippen LogP contribution is -2.60. The van der Waals surface area contributed by atoms with Crippen LogP contribution in [-0.4, -0.2) is 74.1 Å².